The molecule has 2 heterocycles. The Morgan fingerprint density at radius 2 is 2.21 bits per heavy atom. The van der Waals surface area contributed by atoms with E-state index in [1.807, 2.05) is 0 Å². The van der Waals surface area contributed by atoms with Crippen molar-refractivity contribution in [3.8, 4) is 5.75 Å². The van der Waals surface area contributed by atoms with Gasteiger partial charge in [-0.2, -0.15) is 0 Å². The van der Waals surface area contributed by atoms with Crippen molar-refractivity contribution in [1.29, 1.82) is 0 Å². The van der Waals surface area contributed by atoms with Crippen LogP contribution in [0.15, 0.2) is 24.5 Å². The molecule has 2 aromatic heterocycles. The molecular formula is C19H22FN5O3S. The molecule has 3 aromatic rings. The number of rotatable bonds is 8. The van der Waals surface area contributed by atoms with Gasteiger partial charge in [-0.05, 0) is 31.5 Å². The quantitative estimate of drug-likeness (QED) is 0.442. The number of halogens is 1. The molecule has 0 radical (unpaired) electrons. The number of thiophene rings is 1. The summed E-state index contributed by atoms with van der Waals surface area (Å²) in [5.41, 5.74) is 6.84. The molecule has 3 rings (SSSR count). The van der Waals surface area contributed by atoms with Crippen LogP contribution in [0.5, 0.6) is 5.75 Å². The van der Waals surface area contributed by atoms with Gasteiger partial charge in [0.2, 0.25) is 0 Å². The van der Waals surface area contributed by atoms with Crippen molar-refractivity contribution in [2.75, 3.05) is 25.0 Å². The summed E-state index contributed by atoms with van der Waals surface area (Å²) in [5, 5.41) is 15.4. The first-order chi connectivity index (χ1) is 13.9. The molecular weight excluding hydrogens is 397 g/mol. The van der Waals surface area contributed by atoms with Crippen LogP contribution in [-0.2, 0) is 0 Å². The molecule has 5 N–H and O–H groups in total. The Bertz CT molecular complexity index is 1030. The summed E-state index contributed by atoms with van der Waals surface area (Å²) in [6, 6.07) is 4.15. The van der Waals surface area contributed by atoms with Crippen LogP contribution in [0.3, 0.4) is 0 Å². The highest BCUT2D eigenvalue weighted by molar-refractivity contribution is 7.20. The van der Waals surface area contributed by atoms with Crippen LogP contribution in [0.2, 0.25) is 0 Å². The highest BCUT2D eigenvalue weighted by atomic mass is 32.1. The molecule has 1 unspecified atom stereocenters. The molecule has 1 aromatic carbocycles. The number of carbonyl (C=O) groups is 1. The number of ether oxygens (including phenoxy) is 1. The number of carbonyl (C=O) groups excluding carboxylic acids is 1. The second kappa shape index (κ2) is 9.12. The van der Waals surface area contributed by atoms with E-state index in [1.165, 1.54) is 29.8 Å². The first-order valence-electron chi connectivity index (χ1n) is 9.01. The zero-order valence-electron chi connectivity index (χ0n) is 16.0. The van der Waals surface area contributed by atoms with Crippen molar-refractivity contribution in [3.63, 3.8) is 0 Å². The van der Waals surface area contributed by atoms with Gasteiger partial charge in [0.15, 0.2) is 0 Å². The number of aromatic nitrogens is 2. The van der Waals surface area contributed by atoms with E-state index in [4.69, 9.17) is 15.6 Å². The zero-order chi connectivity index (χ0) is 21.0. The highest BCUT2D eigenvalue weighted by Crippen LogP contribution is 2.36. The van der Waals surface area contributed by atoms with E-state index < -0.39 is 5.82 Å². The monoisotopic (exact) mass is 419 g/mol. The maximum atomic E-state index is 13.7. The lowest BCUT2D eigenvalue weighted by atomic mass is 10.2. The lowest BCUT2D eigenvalue weighted by Crippen LogP contribution is -2.26. The number of benzene rings is 1. The van der Waals surface area contributed by atoms with Gasteiger partial charge in [0.05, 0.1) is 22.6 Å². The van der Waals surface area contributed by atoms with Crippen molar-refractivity contribution >= 4 is 39.0 Å². The Morgan fingerprint density at radius 1 is 1.41 bits per heavy atom. The van der Waals surface area contributed by atoms with Gasteiger partial charge in [-0.25, -0.2) is 14.4 Å². The minimum absolute atomic E-state index is 0.142. The van der Waals surface area contributed by atoms with E-state index in [-0.39, 0.29) is 31.7 Å². The van der Waals surface area contributed by atoms with Crippen LogP contribution in [0.1, 0.15) is 22.2 Å². The molecule has 0 spiro atoms. The Labute approximate surface area is 170 Å². The molecule has 0 aliphatic rings. The summed E-state index contributed by atoms with van der Waals surface area (Å²) in [4.78, 5) is 22.0. The van der Waals surface area contributed by atoms with E-state index in [0.717, 1.165) is 0 Å². The normalized spacial score (nSPS) is 12.0. The lowest BCUT2D eigenvalue weighted by molar-refractivity contribution is 0.0948. The van der Waals surface area contributed by atoms with E-state index in [2.05, 4.69) is 20.6 Å². The van der Waals surface area contributed by atoms with Crippen LogP contribution in [0.4, 0.5) is 15.9 Å². The number of fused-ring (bicyclic) bond motifs is 1. The molecule has 0 saturated carbocycles. The molecule has 10 heteroatoms. The number of aryl methyl sites for hydroxylation is 1. The molecule has 29 heavy (non-hydrogen) atoms. The fourth-order valence-corrected chi connectivity index (χ4v) is 3.79. The summed E-state index contributed by atoms with van der Waals surface area (Å²) in [6.07, 6.45) is 1.09. The average molecular weight is 419 g/mol. The minimum Gasteiger partial charge on any atom is -0.487 e. The van der Waals surface area contributed by atoms with E-state index in [9.17, 15) is 9.18 Å². The Kier molecular flexibility index (Phi) is 6.57. The molecule has 0 aliphatic heterocycles. The van der Waals surface area contributed by atoms with Crippen LogP contribution in [0, 0.1) is 12.7 Å². The van der Waals surface area contributed by atoms with Crippen LogP contribution in [0.25, 0.3) is 10.2 Å². The summed E-state index contributed by atoms with van der Waals surface area (Å²) in [5.74, 6) is 0.0653. The molecule has 8 nitrogen and oxygen atoms in total. The predicted octanol–water partition coefficient (Wildman–Crippen LogP) is 2.33. The van der Waals surface area contributed by atoms with Crippen molar-refractivity contribution in [2.45, 2.75) is 20.0 Å². The summed E-state index contributed by atoms with van der Waals surface area (Å²) >= 11 is 1.24. The van der Waals surface area contributed by atoms with Crippen molar-refractivity contribution in [2.24, 2.45) is 5.73 Å². The van der Waals surface area contributed by atoms with E-state index in [1.54, 1.807) is 19.9 Å². The molecule has 1 atom stereocenters. The van der Waals surface area contributed by atoms with Crippen LogP contribution in [-0.4, -0.2) is 46.8 Å². The van der Waals surface area contributed by atoms with Gasteiger partial charge in [0.25, 0.3) is 5.91 Å². The van der Waals surface area contributed by atoms with Gasteiger partial charge < -0.3 is 26.2 Å². The smallest absolute Gasteiger partial charge is 0.261 e. The Hall–Kier alpha value is -2.82. The number of anilines is 2. The van der Waals surface area contributed by atoms with Crippen LogP contribution < -0.4 is 21.1 Å². The lowest BCUT2D eigenvalue weighted by Gasteiger charge is -2.17. The van der Waals surface area contributed by atoms with Gasteiger partial charge >= 0.3 is 0 Å². The third-order valence-corrected chi connectivity index (χ3v) is 5.39. The van der Waals surface area contributed by atoms with Gasteiger partial charge in [-0.15, -0.1) is 11.3 Å². The minimum atomic E-state index is -0.433. The van der Waals surface area contributed by atoms with Gasteiger partial charge in [0.1, 0.15) is 34.6 Å². The molecule has 0 fully saturated rings. The number of aliphatic hydroxyl groups excluding tert-OH is 1. The average Bonchev–Trinajstić information content (AvgIpc) is 3.05. The van der Waals surface area contributed by atoms with Crippen molar-refractivity contribution in [3.05, 3.63) is 40.8 Å². The van der Waals surface area contributed by atoms with Crippen molar-refractivity contribution in [1.82, 2.24) is 15.3 Å². The number of aliphatic hydroxyl groups is 1. The third kappa shape index (κ3) is 4.61. The molecule has 0 saturated heterocycles. The number of nitrogens with zero attached hydrogens (tertiary/aromatic N) is 2. The number of hydrogen-bond acceptors (Lipinski definition) is 8. The maximum absolute atomic E-state index is 13.7. The molecule has 154 valence electrons. The number of nitrogens with one attached hydrogen (secondary N) is 2. The summed E-state index contributed by atoms with van der Waals surface area (Å²) in [7, 11) is 0. The first-order valence-corrected chi connectivity index (χ1v) is 9.82. The number of nitrogens with two attached hydrogens (primary N) is 1. The Balaban J connectivity index is 1.99. The fraction of sp³-hybridized carbons (Fsp3) is 0.316. The van der Waals surface area contributed by atoms with Gasteiger partial charge in [0, 0.05) is 19.2 Å². The van der Waals surface area contributed by atoms with Crippen molar-refractivity contribution < 1.29 is 19.0 Å². The summed E-state index contributed by atoms with van der Waals surface area (Å²) < 4.78 is 19.4. The second-order valence-electron chi connectivity index (χ2n) is 6.37. The molecule has 0 bridgehead atoms. The van der Waals surface area contributed by atoms with Gasteiger partial charge in [-0.3, -0.25) is 4.79 Å². The predicted molar refractivity (Wildman–Crippen MR) is 110 cm³/mol. The molecule has 0 aliphatic carbocycles. The number of amides is 1. The van der Waals surface area contributed by atoms with E-state index >= 15 is 0 Å². The fourth-order valence-electron chi connectivity index (χ4n) is 2.72. The standard InChI is InChI=1S/C19H22FN5O3S/c1-10(8-21)28-14-7-12(20)3-4-13(14)25-17-15-11(2)16(18(27)22-5-6-26)29-19(15)24-9-23-17/h3-4,7,9-10,26H,5-6,8,21H2,1-2H3,(H,22,27)(H,23,24,25). The topological polar surface area (TPSA) is 122 Å². The first kappa shape index (κ1) is 20.9. The second-order valence-corrected chi connectivity index (χ2v) is 7.37. The largest absolute Gasteiger partial charge is 0.487 e. The Morgan fingerprint density at radius 3 is 2.93 bits per heavy atom. The van der Waals surface area contributed by atoms with Crippen LogP contribution >= 0.6 is 11.3 Å². The SMILES string of the molecule is Cc1c(C(=O)NCCO)sc2ncnc(Nc3ccc(F)cc3OC(C)CN)c12. The van der Waals surface area contributed by atoms with Gasteiger partial charge in [-0.1, -0.05) is 0 Å². The number of hydrogen-bond donors (Lipinski definition) is 4. The summed E-state index contributed by atoms with van der Waals surface area (Å²) in [6.45, 7) is 3.90. The molecule has 1 amide bonds. The third-order valence-electron chi connectivity index (χ3n) is 4.19. The highest BCUT2D eigenvalue weighted by Gasteiger charge is 2.20. The maximum Gasteiger partial charge on any atom is 0.261 e. The van der Waals surface area contributed by atoms with E-state index in [0.29, 0.717) is 37.9 Å². The zero-order valence-corrected chi connectivity index (χ0v) is 16.8.